The van der Waals surface area contributed by atoms with Crippen LogP contribution in [-0.2, 0) is 14.6 Å². The van der Waals surface area contributed by atoms with E-state index in [1.54, 1.807) is 24.5 Å². The summed E-state index contributed by atoms with van der Waals surface area (Å²) in [6.07, 6.45) is 4.39. The number of alkyl halides is 1. The summed E-state index contributed by atoms with van der Waals surface area (Å²) in [4.78, 5) is 10.2. The molecule has 0 fully saturated rings. The third kappa shape index (κ3) is 3.47. The smallest absolute Gasteiger partial charge is 0.225 e. The molecule has 3 nitrogen and oxygen atoms in total. The minimum atomic E-state index is -3.28. The van der Waals surface area contributed by atoms with Crippen molar-refractivity contribution >= 4 is 33.8 Å². The zero-order valence-electron chi connectivity index (χ0n) is 8.39. The van der Waals surface area contributed by atoms with Crippen LogP contribution in [0.1, 0.15) is 5.56 Å². The molecule has 0 saturated heterocycles. The van der Waals surface area contributed by atoms with Crippen LogP contribution in [0.25, 0.3) is 6.08 Å². The highest BCUT2D eigenvalue weighted by atomic mass is 35.5. The Morgan fingerprint density at radius 1 is 1.25 bits per heavy atom. The molecule has 0 unspecified atom stereocenters. The van der Waals surface area contributed by atoms with E-state index >= 15 is 0 Å². The van der Waals surface area contributed by atoms with Crippen LogP contribution in [0.15, 0.2) is 35.2 Å². The molecule has 0 bridgehead atoms. The molecule has 0 atom stereocenters. The van der Waals surface area contributed by atoms with Crippen molar-refractivity contribution in [1.82, 2.24) is 0 Å². The standard InChI is InChI=1S/C11H10ClO3S/c12-7-9-16(14,15)11-5-3-10(4-6-11)2-1-8-13/h1-6H,7,9H2/b2-1+. The van der Waals surface area contributed by atoms with Crippen molar-refractivity contribution < 1.29 is 13.2 Å². The van der Waals surface area contributed by atoms with E-state index in [1.807, 2.05) is 0 Å². The van der Waals surface area contributed by atoms with Crippen LogP contribution in [0, 0.1) is 0 Å². The molecule has 0 N–H and O–H groups in total. The summed E-state index contributed by atoms with van der Waals surface area (Å²) >= 11 is 5.40. The molecule has 0 aliphatic carbocycles. The Morgan fingerprint density at radius 2 is 1.88 bits per heavy atom. The summed E-state index contributed by atoms with van der Waals surface area (Å²) in [5.41, 5.74) is 0.744. The van der Waals surface area contributed by atoms with E-state index in [4.69, 9.17) is 11.6 Å². The average Bonchev–Trinajstić information content (AvgIpc) is 2.27. The van der Waals surface area contributed by atoms with Gasteiger partial charge in [-0.1, -0.05) is 18.2 Å². The van der Waals surface area contributed by atoms with Gasteiger partial charge in [-0.05, 0) is 23.8 Å². The van der Waals surface area contributed by atoms with E-state index < -0.39 is 9.84 Å². The van der Waals surface area contributed by atoms with Gasteiger partial charge < -0.3 is 0 Å². The summed E-state index contributed by atoms with van der Waals surface area (Å²) in [5.74, 6) is -0.00402. The van der Waals surface area contributed by atoms with Gasteiger partial charge in [-0.25, -0.2) is 8.42 Å². The van der Waals surface area contributed by atoms with Crippen LogP contribution < -0.4 is 0 Å². The van der Waals surface area contributed by atoms with E-state index in [9.17, 15) is 13.2 Å². The monoisotopic (exact) mass is 257 g/mol. The predicted molar refractivity (Wildman–Crippen MR) is 63.9 cm³/mol. The molecule has 16 heavy (non-hydrogen) atoms. The molecule has 1 radical (unpaired) electrons. The Kier molecular flexibility index (Phi) is 4.71. The Hall–Kier alpha value is -1.13. The largest absolute Gasteiger partial charge is 0.286 e. The van der Waals surface area contributed by atoms with Crippen LogP contribution in [0.2, 0.25) is 0 Å². The molecule has 0 aliphatic heterocycles. The van der Waals surface area contributed by atoms with Crippen LogP contribution in [0.3, 0.4) is 0 Å². The second-order valence-corrected chi connectivity index (χ2v) is 5.52. The molecule has 0 amide bonds. The maximum absolute atomic E-state index is 11.6. The van der Waals surface area contributed by atoms with Gasteiger partial charge in [-0.15, -0.1) is 11.6 Å². The maximum atomic E-state index is 11.6. The second kappa shape index (κ2) is 5.82. The van der Waals surface area contributed by atoms with E-state index in [-0.39, 0.29) is 16.5 Å². The summed E-state index contributed by atoms with van der Waals surface area (Å²) in [6.45, 7) is 0. The highest BCUT2D eigenvalue weighted by Gasteiger charge is 2.12. The number of hydrogen-bond acceptors (Lipinski definition) is 3. The topological polar surface area (TPSA) is 51.2 Å². The average molecular weight is 258 g/mol. The van der Waals surface area contributed by atoms with Gasteiger partial charge in [-0.3, -0.25) is 4.79 Å². The van der Waals surface area contributed by atoms with Crippen LogP contribution in [0.4, 0.5) is 0 Å². The van der Waals surface area contributed by atoms with Crippen molar-refractivity contribution in [2.24, 2.45) is 0 Å². The fourth-order valence-corrected chi connectivity index (χ4v) is 2.73. The van der Waals surface area contributed by atoms with Crippen molar-refractivity contribution in [3.05, 3.63) is 35.9 Å². The van der Waals surface area contributed by atoms with Gasteiger partial charge in [0.25, 0.3) is 0 Å². The highest BCUT2D eigenvalue weighted by Crippen LogP contribution is 2.13. The zero-order chi connectivity index (χ0) is 12.0. The Labute approximate surface area is 99.7 Å². The first-order valence-corrected chi connectivity index (χ1v) is 6.72. The lowest BCUT2D eigenvalue weighted by Gasteiger charge is -2.02. The van der Waals surface area contributed by atoms with Crippen molar-refractivity contribution in [2.45, 2.75) is 4.90 Å². The fraction of sp³-hybridized carbons (Fsp3) is 0.182. The summed E-state index contributed by atoms with van der Waals surface area (Å²) in [6, 6.07) is 6.22. The molecule has 0 heterocycles. The first kappa shape index (κ1) is 12.9. The first-order chi connectivity index (χ1) is 7.60. The predicted octanol–water partition coefficient (Wildman–Crippen LogP) is 1.82. The highest BCUT2D eigenvalue weighted by molar-refractivity contribution is 7.91. The maximum Gasteiger partial charge on any atom is 0.225 e. The second-order valence-electron chi connectivity index (χ2n) is 3.03. The lowest BCUT2D eigenvalue weighted by Crippen LogP contribution is -2.07. The Morgan fingerprint density at radius 3 is 2.38 bits per heavy atom. The van der Waals surface area contributed by atoms with Gasteiger partial charge in [-0.2, -0.15) is 0 Å². The molecule has 1 aromatic rings. The van der Waals surface area contributed by atoms with Crippen molar-refractivity contribution in [3.63, 3.8) is 0 Å². The molecule has 1 rings (SSSR count). The first-order valence-electron chi connectivity index (χ1n) is 4.53. The van der Waals surface area contributed by atoms with E-state index in [0.717, 1.165) is 5.56 Å². The summed E-state index contributed by atoms with van der Waals surface area (Å²) < 4.78 is 23.2. The van der Waals surface area contributed by atoms with Crippen molar-refractivity contribution in [3.8, 4) is 0 Å². The van der Waals surface area contributed by atoms with Gasteiger partial charge in [0.2, 0.25) is 6.29 Å². The molecular weight excluding hydrogens is 248 g/mol. The minimum Gasteiger partial charge on any atom is -0.286 e. The minimum absolute atomic E-state index is 0.0735. The lowest BCUT2D eigenvalue weighted by molar-refractivity contribution is 0.564. The van der Waals surface area contributed by atoms with E-state index in [0.29, 0.717) is 0 Å². The van der Waals surface area contributed by atoms with Gasteiger partial charge in [0.15, 0.2) is 9.84 Å². The number of carbonyl (C=O) groups excluding carboxylic acids is 1. The number of halogens is 1. The van der Waals surface area contributed by atoms with Crippen molar-refractivity contribution in [2.75, 3.05) is 11.6 Å². The fourth-order valence-electron chi connectivity index (χ4n) is 1.14. The molecule has 1 aromatic carbocycles. The van der Waals surface area contributed by atoms with E-state index in [2.05, 4.69) is 0 Å². The lowest BCUT2D eigenvalue weighted by atomic mass is 10.2. The molecule has 5 heteroatoms. The SMILES string of the molecule is O=[C]/C=C/c1ccc(S(=O)(=O)CCCl)cc1. The van der Waals surface area contributed by atoms with E-state index in [1.165, 1.54) is 18.2 Å². The third-order valence-electron chi connectivity index (χ3n) is 1.93. The zero-order valence-corrected chi connectivity index (χ0v) is 9.96. The molecule has 0 saturated carbocycles. The van der Waals surface area contributed by atoms with Gasteiger partial charge in [0.05, 0.1) is 10.6 Å². The number of allylic oxidation sites excluding steroid dienone is 1. The molecular formula is C11H10ClO3S. The number of hydrogen-bond donors (Lipinski definition) is 0. The van der Waals surface area contributed by atoms with Gasteiger partial charge in [0, 0.05) is 5.88 Å². The Balaban J connectivity index is 2.95. The third-order valence-corrected chi connectivity index (χ3v) is 4.07. The molecule has 85 valence electrons. The Bertz CT molecular complexity index is 474. The molecule has 0 aromatic heterocycles. The van der Waals surface area contributed by atoms with Crippen LogP contribution in [-0.4, -0.2) is 26.3 Å². The van der Waals surface area contributed by atoms with Crippen LogP contribution >= 0.6 is 11.6 Å². The van der Waals surface area contributed by atoms with Crippen molar-refractivity contribution in [1.29, 1.82) is 0 Å². The van der Waals surface area contributed by atoms with Gasteiger partial charge in [0.1, 0.15) is 0 Å². The quantitative estimate of drug-likeness (QED) is 0.597. The summed E-state index contributed by atoms with van der Waals surface area (Å²) in [5, 5.41) is 0. The molecule has 0 spiro atoms. The number of benzene rings is 1. The molecule has 0 aliphatic rings. The number of sulfone groups is 1. The number of rotatable bonds is 5. The normalized spacial score (nSPS) is 11.8. The van der Waals surface area contributed by atoms with Crippen LogP contribution in [0.5, 0.6) is 0 Å². The summed E-state index contributed by atoms with van der Waals surface area (Å²) in [7, 11) is -3.28. The van der Waals surface area contributed by atoms with Gasteiger partial charge >= 0.3 is 0 Å².